The average Bonchev–Trinajstić information content (AvgIpc) is 1.61. The van der Waals surface area contributed by atoms with Gasteiger partial charge in [0.1, 0.15) is 0 Å². The molecule has 0 saturated heterocycles. The summed E-state index contributed by atoms with van der Waals surface area (Å²) in [7, 11) is 0. The molecule has 0 atom stereocenters. The Morgan fingerprint density at radius 3 is 2.12 bits per heavy atom. The van der Waals surface area contributed by atoms with Gasteiger partial charge >= 0.3 is 68.9 Å². The third kappa shape index (κ3) is 10.3. The number of hydrogen-bond acceptors (Lipinski definition) is 1. The monoisotopic (exact) mass is 233 g/mol. The van der Waals surface area contributed by atoms with Crippen molar-refractivity contribution in [1.82, 2.24) is 0 Å². The van der Waals surface area contributed by atoms with Gasteiger partial charge in [-0.2, -0.15) is 6.42 Å². The molecule has 8 heavy (non-hydrogen) atoms. The third-order valence-corrected chi connectivity index (χ3v) is 0.452. The average molecular weight is 233 g/mol. The Bertz CT molecular complexity index is 67.7. The van der Waals surface area contributed by atoms with Crippen molar-refractivity contribution < 1.29 is 68.9 Å². The SMILES string of the molecule is [CH2-]CCN=C(N)N.[Cs+]. The van der Waals surface area contributed by atoms with E-state index < -0.39 is 0 Å². The maximum absolute atomic E-state index is 4.98. The summed E-state index contributed by atoms with van der Waals surface area (Å²) in [6, 6.07) is 0. The molecule has 0 heterocycles. The Hall–Kier alpha value is 1.32. The van der Waals surface area contributed by atoms with E-state index in [0.717, 1.165) is 6.42 Å². The number of aliphatic imine (C=N–C) groups is 1. The molecule has 0 aromatic heterocycles. The van der Waals surface area contributed by atoms with Gasteiger partial charge in [0.05, 0.1) is 0 Å². The number of nitrogens with zero attached hydrogens (tertiary/aromatic N) is 1. The molecule has 0 amide bonds. The topological polar surface area (TPSA) is 64.4 Å². The Morgan fingerprint density at radius 1 is 1.50 bits per heavy atom. The molecule has 4 heteroatoms. The first-order valence-corrected chi connectivity index (χ1v) is 2.12. The van der Waals surface area contributed by atoms with Crippen molar-refractivity contribution in [2.45, 2.75) is 6.42 Å². The van der Waals surface area contributed by atoms with E-state index in [1.165, 1.54) is 0 Å². The van der Waals surface area contributed by atoms with Crippen LogP contribution < -0.4 is 80.4 Å². The third-order valence-electron chi connectivity index (χ3n) is 0.452. The molecular weight excluding hydrogens is 223 g/mol. The number of hydrogen-bond donors (Lipinski definition) is 2. The van der Waals surface area contributed by atoms with Crippen molar-refractivity contribution >= 4 is 5.96 Å². The van der Waals surface area contributed by atoms with Crippen LogP contribution >= 0.6 is 0 Å². The second-order valence-corrected chi connectivity index (χ2v) is 1.16. The summed E-state index contributed by atoms with van der Waals surface area (Å²) >= 11 is 0. The first-order valence-electron chi connectivity index (χ1n) is 2.12. The number of guanidine groups is 1. The predicted octanol–water partition coefficient (Wildman–Crippen LogP) is -3.51. The Balaban J connectivity index is 0. The second-order valence-electron chi connectivity index (χ2n) is 1.16. The molecule has 0 aliphatic rings. The minimum absolute atomic E-state index is 0. The van der Waals surface area contributed by atoms with E-state index in [1.54, 1.807) is 0 Å². The Labute approximate surface area is 109 Å². The van der Waals surface area contributed by atoms with Crippen molar-refractivity contribution in [2.24, 2.45) is 16.5 Å². The van der Waals surface area contributed by atoms with Crippen molar-refractivity contribution in [2.75, 3.05) is 6.54 Å². The number of rotatable bonds is 2. The van der Waals surface area contributed by atoms with E-state index in [-0.39, 0.29) is 74.9 Å². The molecule has 0 rings (SSSR count). The molecule has 42 valence electrons. The van der Waals surface area contributed by atoms with Crippen molar-refractivity contribution in [1.29, 1.82) is 0 Å². The summed E-state index contributed by atoms with van der Waals surface area (Å²) in [6.07, 6.45) is 0.748. The van der Waals surface area contributed by atoms with Crippen LogP contribution in [-0.2, 0) is 0 Å². The van der Waals surface area contributed by atoms with Gasteiger partial charge in [0.2, 0.25) is 0 Å². The standard InChI is InChI=1S/C4H10N3.Cs/c1-2-3-7-4(5)6;/h1-3H2,(H4,5,6,7);/q-1;+1. The molecule has 0 fully saturated rings. The molecular formula is C4H10CsN3. The smallest absolute Gasteiger partial charge is 0.370 e. The van der Waals surface area contributed by atoms with Gasteiger partial charge in [0, 0.05) is 6.54 Å². The summed E-state index contributed by atoms with van der Waals surface area (Å²) in [4.78, 5) is 3.65. The first kappa shape index (κ1) is 12.0. The zero-order chi connectivity index (χ0) is 5.70. The van der Waals surface area contributed by atoms with E-state index in [9.17, 15) is 0 Å². The van der Waals surface area contributed by atoms with Crippen LogP contribution in [0.25, 0.3) is 0 Å². The van der Waals surface area contributed by atoms with E-state index in [2.05, 4.69) is 11.9 Å². The van der Waals surface area contributed by atoms with E-state index >= 15 is 0 Å². The van der Waals surface area contributed by atoms with Crippen LogP contribution in [0.3, 0.4) is 0 Å². The maximum Gasteiger partial charge on any atom is 1.00 e. The van der Waals surface area contributed by atoms with Gasteiger partial charge < -0.3 is 18.4 Å². The summed E-state index contributed by atoms with van der Waals surface area (Å²) in [5.41, 5.74) is 9.96. The summed E-state index contributed by atoms with van der Waals surface area (Å²) in [6.45, 7) is 4.17. The van der Waals surface area contributed by atoms with Crippen LogP contribution in [-0.4, -0.2) is 12.5 Å². The minimum atomic E-state index is 0. The van der Waals surface area contributed by atoms with Crippen LogP contribution in [0, 0.1) is 6.92 Å². The van der Waals surface area contributed by atoms with E-state index in [0.29, 0.717) is 6.54 Å². The van der Waals surface area contributed by atoms with Crippen LogP contribution in [0.5, 0.6) is 0 Å². The van der Waals surface area contributed by atoms with Crippen LogP contribution in [0.2, 0.25) is 0 Å². The Kier molecular flexibility index (Phi) is 12.5. The van der Waals surface area contributed by atoms with Gasteiger partial charge in [-0.1, -0.05) is 0 Å². The molecule has 0 bridgehead atoms. The zero-order valence-corrected chi connectivity index (χ0v) is 11.5. The molecule has 0 aliphatic carbocycles. The molecule has 0 aliphatic heterocycles. The maximum atomic E-state index is 4.98. The quantitative estimate of drug-likeness (QED) is 0.295. The van der Waals surface area contributed by atoms with Crippen molar-refractivity contribution in [3.63, 3.8) is 0 Å². The molecule has 0 radical (unpaired) electrons. The number of nitrogens with two attached hydrogens (primary N) is 2. The molecule has 0 unspecified atom stereocenters. The predicted molar refractivity (Wildman–Crippen MR) is 30.7 cm³/mol. The van der Waals surface area contributed by atoms with Gasteiger partial charge in [-0.3, -0.25) is 4.99 Å². The van der Waals surface area contributed by atoms with Crippen molar-refractivity contribution in [3.8, 4) is 0 Å². The normalized spacial score (nSPS) is 7.12. The molecule has 0 aromatic carbocycles. The van der Waals surface area contributed by atoms with Gasteiger partial charge in [0.15, 0.2) is 5.96 Å². The second kappa shape index (κ2) is 8.32. The summed E-state index contributed by atoms with van der Waals surface area (Å²) in [5, 5.41) is 0. The Morgan fingerprint density at radius 2 is 2.00 bits per heavy atom. The van der Waals surface area contributed by atoms with E-state index in [1.807, 2.05) is 0 Å². The van der Waals surface area contributed by atoms with Crippen LogP contribution in [0.1, 0.15) is 6.42 Å². The first-order chi connectivity index (χ1) is 3.27. The summed E-state index contributed by atoms with van der Waals surface area (Å²) < 4.78 is 0. The molecule has 0 saturated carbocycles. The van der Waals surface area contributed by atoms with Crippen LogP contribution in [0.4, 0.5) is 0 Å². The molecule has 0 spiro atoms. The fourth-order valence-corrected chi connectivity index (χ4v) is 0.208. The fourth-order valence-electron chi connectivity index (χ4n) is 0.208. The molecule has 0 aromatic rings. The zero-order valence-electron chi connectivity index (χ0n) is 5.22. The fraction of sp³-hybridized carbons (Fsp3) is 0.500. The van der Waals surface area contributed by atoms with Crippen LogP contribution in [0.15, 0.2) is 4.99 Å². The molecule has 4 N–H and O–H groups in total. The van der Waals surface area contributed by atoms with Gasteiger partial charge in [-0.05, 0) is 0 Å². The van der Waals surface area contributed by atoms with Gasteiger partial charge in [-0.25, -0.2) is 0 Å². The van der Waals surface area contributed by atoms with Gasteiger partial charge in [0.25, 0.3) is 0 Å². The van der Waals surface area contributed by atoms with Crippen molar-refractivity contribution in [3.05, 3.63) is 6.92 Å². The minimum Gasteiger partial charge on any atom is -0.370 e. The van der Waals surface area contributed by atoms with E-state index in [4.69, 9.17) is 11.5 Å². The largest absolute Gasteiger partial charge is 1.00 e. The summed E-state index contributed by atoms with van der Waals surface area (Å²) in [5.74, 6) is 0.142. The molecule has 3 nitrogen and oxygen atoms in total. The van der Waals surface area contributed by atoms with Gasteiger partial charge in [-0.15, -0.1) is 0 Å².